The Kier molecular flexibility index (Phi) is 24.9. The van der Waals surface area contributed by atoms with Crippen LogP contribution in [0.5, 0.6) is 5.75 Å². The highest BCUT2D eigenvalue weighted by Gasteiger charge is 2.73. The van der Waals surface area contributed by atoms with E-state index in [2.05, 4.69) is 40.7 Å². The van der Waals surface area contributed by atoms with Crippen molar-refractivity contribution < 1.29 is 152 Å². The van der Waals surface area contributed by atoms with E-state index in [1.807, 2.05) is 6.92 Å². The van der Waals surface area contributed by atoms with Crippen molar-refractivity contribution in [2.24, 2.45) is 50.2 Å². The van der Waals surface area contributed by atoms with E-state index < -0.39 is 241 Å². The molecule has 10 aliphatic rings. The van der Waals surface area contributed by atoms with E-state index in [9.17, 15) is 80.5 Å². The smallest absolute Gasteiger partial charge is 0.338 e. The van der Waals surface area contributed by atoms with Gasteiger partial charge in [0.2, 0.25) is 6.29 Å². The summed E-state index contributed by atoms with van der Waals surface area (Å²) in [5.41, 5.74) is -4.08. The number of carbonyl (C=O) groups excluding carboxylic acids is 5. The summed E-state index contributed by atoms with van der Waals surface area (Å²) < 4.78 is 85.5. The fraction of sp³-hybridized carbons (Fsp3) is 0.800. The molecule has 0 aromatic heterocycles. The second-order valence-electron chi connectivity index (χ2n) is 32.7. The number of aliphatic hydroxyl groups excluding tert-OH is 12. The highest BCUT2D eigenvalue weighted by atomic mass is 16.8. The lowest BCUT2D eigenvalue weighted by molar-refractivity contribution is -0.392. The number of ether oxygens (including phenoxy) is 14. The Balaban J connectivity index is 0.899. The highest BCUT2D eigenvalue weighted by Crippen LogP contribution is 2.76. The van der Waals surface area contributed by atoms with Crippen molar-refractivity contribution in [2.45, 2.75) is 299 Å². The van der Waals surface area contributed by atoms with Crippen LogP contribution in [0, 0.1) is 50.2 Å². The second-order valence-corrected chi connectivity index (χ2v) is 32.7. The number of allylic oxidation sites excluding steroid dienone is 2. The zero-order valence-corrected chi connectivity index (χ0v) is 61.9. The van der Waals surface area contributed by atoms with Gasteiger partial charge in [0.05, 0.1) is 56.8 Å². The van der Waals surface area contributed by atoms with Crippen LogP contribution >= 0.6 is 0 Å². The van der Waals surface area contributed by atoms with Crippen LogP contribution in [-0.2, 0) is 85.6 Å². The number of carbonyl (C=O) groups is 5. The van der Waals surface area contributed by atoms with E-state index in [0.29, 0.717) is 62.7 Å². The molecule has 4 saturated carbocycles. The van der Waals surface area contributed by atoms with Crippen LogP contribution in [0.2, 0.25) is 0 Å². The van der Waals surface area contributed by atoms with Crippen LogP contribution in [0.1, 0.15) is 145 Å². The van der Waals surface area contributed by atoms with Gasteiger partial charge < -0.3 is 132 Å². The summed E-state index contributed by atoms with van der Waals surface area (Å²) >= 11 is 0. The van der Waals surface area contributed by atoms with Gasteiger partial charge in [-0.3, -0.25) is 9.59 Å². The van der Waals surface area contributed by atoms with Crippen molar-refractivity contribution >= 4 is 36.2 Å². The Morgan fingerprint density at radius 1 is 0.623 bits per heavy atom. The Bertz CT molecular complexity index is 3320. The molecule has 34 atom stereocenters. The number of methoxy groups -OCH3 is 1. The first-order valence-corrected chi connectivity index (χ1v) is 37.2. The first-order chi connectivity index (χ1) is 50.0. The third-order valence-electron chi connectivity index (χ3n) is 25.8. The monoisotopic (exact) mass is 1510 g/mol. The summed E-state index contributed by atoms with van der Waals surface area (Å²) in [6, 6.07) is 6.80. The van der Waals surface area contributed by atoms with E-state index in [4.69, 9.17) is 66.3 Å². The van der Waals surface area contributed by atoms with E-state index in [1.54, 1.807) is 31.2 Å². The minimum Gasteiger partial charge on any atom is -0.497 e. The number of esters is 4. The molecule has 11 rings (SSSR count). The molecule has 1 aromatic rings. The number of aldehydes is 1. The van der Waals surface area contributed by atoms with Crippen molar-refractivity contribution in [2.75, 3.05) is 26.9 Å². The van der Waals surface area contributed by atoms with Crippen molar-refractivity contribution in [3.63, 3.8) is 0 Å². The summed E-state index contributed by atoms with van der Waals surface area (Å²) in [5.74, 6) is -4.49. The molecule has 106 heavy (non-hydrogen) atoms. The van der Waals surface area contributed by atoms with Crippen LogP contribution < -0.4 is 4.74 Å². The molecule has 5 saturated heterocycles. The molecule has 0 radical (unpaired) electrons. The summed E-state index contributed by atoms with van der Waals surface area (Å²) in [7, 11) is 1.51. The summed E-state index contributed by atoms with van der Waals surface area (Å²) in [6.07, 6.45) is -35.2. The molecular weight excluding hydrogens is 1400 g/mol. The normalized spacial score (nSPS) is 47.1. The standard InChI is InChI=1S/C75H110O31/c1-12-13-28-94-63(91)59-56(90)58(102-64-53(87)49(83)41(79)32-95-64)61(104-66-55(89)52(86)50(84)42(31-76)99-66)68(103-59)100-46-23-24-71(7)43(72(46,8)33-77)22-25-73(9)44(71)20-19-39-40-29-70(5,6)26-27-75(40,45(80)30-74(39,73)10)69(92)106-67-62(105-65-54(88)51(85)48(82)34(2)96-65)60(98-36(4)78)57(35(3)97-67)101-47(81)21-16-37-14-17-38(93-11)18-15-37/h14-19,21,33-35,40-46,48-62,64-68,76,79-80,82-90H,12-13,20,22-32H2,1-11H3/b21-16-/t34-,35+,40-,41+,42+,43+,44+,45+,46-,48-,49-,50-,51+,52-,53+,54+,55+,56-,57-,58-,59-,60-,61+,62+,64-,65-,66-,67-,68+,71-,72-,73+,74+,75+/m0/s1. The molecule has 12 N–H and O–H groups in total. The van der Waals surface area contributed by atoms with Gasteiger partial charge in [-0.1, -0.05) is 78.7 Å². The topological polar surface area (TPSA) is 457 Å². The van der Waals surface area contributed by atoms with E-state index in [0.717, 1.165) is 24.9 Å². The van der Waals surface area contributed by atoms with Gasteiger partial charge in [0.1, 0.15) is 96.8 Å². The molecule has 1 aromatic carbocycles. The predicted molar refractivity (Wildman–Crippen MR) is 363 cm³/mol. The Hall–Kier alpha value is -4.79. The van der Waals surface area contributed by atoms with Gasteiger partial charge in [0.15, 0.2) is 49.6 Å². The van der Waals surface area contributed by atoms with E-state index in [1.165, 1.54) is 27.0 Å². The third kappa shape index (κ3) is 15.0. The fourth-order valence-corrected chi connectivity index (χ4v) is 19.4. The number of rotatable bonds is 21. The van der Waals surface area contributed by atoms with Crippen molar-refractivity contribution in [1.29, 1.82) is 0 Å². The predicted octanol–water partition coefficient (Wildman–Crippen LogP) is 0.828. The maximum atomic E-state index is 16.1. The quantitative estimate of drug-likeness (QED) is 0.0154. The van der Waals surface area contributed by atoms with Crippen LogP contribution in [0.15, 0.2) is 42.0 Å². The van der Waals surface area contributed by atoms with Gasteiger partial charge in [0.25, 0.3) is 0 Å². The second kappa shape index (κ2) is 32.1. The maximum Gasteiger partial charge on any atom is 0.338 e. The number of hydrogen-bond donors (Lipinski definition) is 12. The molecule has 0 spiro atoms. The van der Waals surface area contributed by atoms with Gasteiger partial charge in [-0.25, -0.2) is 9.59 Å². The molecule has 596 valence electrons. The van der Waals surface area contributed by atoms with Crippen molar-refractivity contribution in [3.05, 3.63) is 47.6 Å². The summed E-state index contributed by atoms with van der Waals surface area (Å²) in [6.45, 7) is 16.8. The van der Waals surface area contributed by atoms with Gasteiger partial charge in [-0.05, 0) is 141 Å². The average molecular weight is 1510 g/mol. The van der Waals surface area contributed by atoms with Gasteiger partial charge in [0, 0.05) is 13.0 Å². The van der Waals surface area contributed by atoms with Crippen molar-refractivity contribution in [3.8, 4) is 5.75 Å². The van der Waals surface area contributed by atoms with E-state index in [-0.39, 0.29) is 31.8 Å². The molecule has 5 aliphatic carbocycles. The maximum absolute atomic E-state index is 16.1. The molecule has 5 heterocycles. The largest absolute Gasteiger partial charge is 0.497 e. The highest BCUT2D eigenvalue weighted by molar-refractivity contribution is 5.87. The molecule has 31 heteroatoms. The molecular formula is C75H110O31. The SMILES string of the molecule is CCCCOC(=O)[C@H]1O[C@@H](O[C@H]2CC[C@]3(C)[C@H]4CC=C5[C@@H]6CC(C)(C)CC[C@]6(C(=O)O[C@@H]6O[C@H](C)[C@H](OC(=O)/C=C\c7ccc(OC)cc7)[C@H](OC(C)=O)[C@H]6O[C@@H]6O[C@@H](C)[C@H](O)[C@@H](O)[C@H]6O)[C@H](O)C[C@@]5(C)[C@]4(C)CC[C@H]3[C@]2(C)C=O)[C@H](O[C@@H]2O[C@H](CO)[C@H](O)[C@H](O)[C@H]2O)[C@@H](O[C@@H]2OC[C@@H](O)[C@H](O)[C@H]2O)[C@@H]1O. The lowest BCUT2D eigenvalue weighted by Crippen LogP contribution is -2.69. The number of fused-ring (bicyclic) bond motifs is 7. The first kappa shape index (κ1) is 82.2. The third-order valence-corrected chi connectivity index (χ3v) is 25.8. The summed E-state index contributed by atoms with van der Waals surface area (Å²) in [5, 5.41) is 134. The fourth-order valence-electron chi connectivity index (χ4n) is 19.4. The Morgan fingerprint density at radius 2 is 1.26 bits per heavy atom. The molecule has 0 amide bonds. The molecule has 5 aliphatic heterocycles. The zero-order chi connectivity index (χ0) is 77.2. The first-order valence-electron chi connectivity index (χ1n) is 37.2. The van der Waals surface area contributed by atoms with Gasteiger partial charge in [-0.15, -0.1) is 0 Å². The average Bonchev–Trinajstić information content (AvgIpc) is 0.670. The van der Waals surface area contributed by atoms with Gasteiger partial charge >= 0.3 is 23.9 Å². The van der Waals surface area contributed by atoms with Gasteiger partial charge in [-0.2, -0.15) is 0 Å². The number of hydrogen-bond acceptors (Lipinski definition) is 31. The minimum atomic E-state index is -2.08. The van der Waals surface area contributed by atoms with Crippen LogP contribution in [0.4, 0.5) is 0 Å². The Morgan fingerprint density at radius 3 is 1.92 bits per heavy atom. The van der Waals surface area contributed by atoms with Crippen LogP contribution in [0.3, 0.4) is 0 Å². The van der Waals surface area contributed by atoms with Crippen LogP contribution in [-0.4, -0.2) is 278 Å². The lowest BCUT2D eigenvalue weighted by Gasteiger charge is -2.71. The molecule has 0 unspecified atom stereocenters. The number of benzene rings is 1. The Labute approximate surface area is 615 Å². The van der Waals surface area contributed by atoms with Crippen LogP contribution in [0.25, 0.3) is 6.08 Å². The lowest BCUT2D eigenvalue weighted by atomic mass is 9.33. The zero-order valence-electron chi connectivity index (χ0n) is 61.9. The minimum absolute atomic E-state index is 0.0595. The van der Waals surface area contributed by atoms with Crippen molar-refractivity contribution in [1.82, 2.24) is 0 Å². The number of aliphatic hydroxyl groups is 12. The molecule has 9 fully saturated rings. The van der Waals surface area contributed by atoms with E-state index >= 15 is 4.79 Å². The summed E-state index contributed by atoms with van der Waals surface area (Å²) in [4.78, 5) is 71.6. The number of unbranched alkanes of at least 4 members (excludes halogenated alkanes) is 1. The molecule has 0 bridgehead atoms. The molecule has 31 nitrogen and oxygen atoms in total.